The highest BCUT2D eigenvalue weighted by molar-refractivity contribution is 5.71. The van der Waals surface area contributed by atoms with Crippen LogP contribution in [0, 0.1) is 0 Å². The van der Waals surface area contributed by atoms with E-state index in [2.05, 4.69) is 93.7 Å². The summed E-state index contributed by atoms with van der Waals surface area (Å²) in [5.41, 5.74) is 0. The Balaban J connectivity index is 4.27. The molecule has 6 heteroatoms. The van der Waals surface area contributed by atoms with Crippen molar-refractivity contribution in [1.29, 1.82) is 0 Å². The van der Waals surface area contributed by atoms with Crippen LogP contribution in [0.5, 0.6) is 0 Å². The minimum Gasteiger partial charge on any atom is -0.462 e. The lowest BCUT2D eigenvalue weighted by Crippen LogP contribution is -2.30. The maximum absolute atomic E-state index is 12.8. The molecule has 64 heavy (non-hydrogen) atoms. The lowest BCUT2D eigenvalue weighted by atomic mass is 10.0. The van der Waals surface area contributed by atoms with Crippen molar-refractivity contribution in [3.05, 3.63) is 72.9 Å². The molecule has 0 bridgehead atoms. The summed E-state index contributed by atoms with van der Waals surface area (Å²) in [7, 11) is 0. The van der Waals surface area contributed by atoms with Gasteiger partial charge in [-0.1, -0.05) is 241 Å². The van der Waals surface area contributed by atoms with E-state index in [-0.39, 0.29) is 31.1 Å². The number of unbranched alkanes of at least 4 members (excludes halogenated alkanes) is 25. The van der Waals surface area contributed by atoms with Crippen LogP contribution < -0.4 is 0 Å². The van der Waals surface area contributed by atoms with Crippen LogP contribution in [0.15, 0.2) is 72.9 Å². The quantitative estimate of drug-likeness (QED) is 0.0262. The van der Waals surface area contributed by atoms with E-state index in [0.717, 1.165) is 109 Å². The van der Waals surface area contributed by atoms with E-state index in [9.17, 15) is 14.4 Å². The van der Waals surface area contributed by atoms with Gasteiger partial charge in [-0.15, -0.1) is 0 Å². The molecule has 0 aromatic rings. The molecule has 0 radical (unpaired) electrons. The average Bonchev–Trinajstić information content (AvgIpc) is 3.29. The molecule has 368 valence electrons. The van der Waals surface area contributed by atoms with Gasteiger partial charge >= 0.3 is 17.9 Å². The highest BCUT2D eigenvalue weighted by Crippen LogP contribution is 2.15. The molecule has 0 heterocycles. The zero-order chi connectivity index (χ0) is 46.5. The molecule has 0 aromatic heterocycles. The Kier molecular flexibility index (Phi) is 49.9. The van der Waals surface area contributed by atoms with Crippen molar-refractivity contribution in [3.63, 3.8) is 0 Å². The topological polar surface area (TPSA) is 78.9 Å². The predicted molar refractivity (Wildman–Crippen MR) is 274 cm³/mol. The molecule has 0 rings (SSSR count). The van der Waals surface area contributed by atoms with Gasteiger partial charge in [0.25, 0.3) is 0 Å². The maximum Gasteiger partial charge on any atom is 0.306 e. The van der Waals surface area contributed by atoms with Crippen molar-refractivity contribution in [2.75, 3.05) is 13.2 Å². The van der Waals surface area contributed by atoms with E-state index in [1.54, 1.807) is 0 Å². The first kappa shape index (κ1) is 60.9. The van der Waals surface area contributed by atoms with Gasteiger partial charge in [0, 0.05) is 19.3 Å². The zero-order valence-corrected chi connectivity index (χ0v) is 42.0. The number of esters is 3. The molecule has 0 N–H and O–H groups in total. The van der Waals surface area contributed by atoms with Crippen LogP contribution in [0.25, 0.3) is 0 Å². The first-order chi connectivity index (χ1) is 31.5. The number of hydrogen-bond donors (Lipinski definition) is 0. The van der Waals surface area contributed by atoms with Crippen LogP contribution in [-0.2, 0) is 28.6 Å². The van der Waals surface area contributed by atoms with Gasteiger partial charge in [0.05, 0.1) is 0 Å². The van der Waals surface area contributed by atoms with E-state index in [1.807, 2.05) is 0 Å². The number of carbonyl (C=O) groups excluding carboxylic acids is 3. The Morgan fingerprint density at radius 1 is 0.328 bits per heavy atom. The van der Waals surface area contributed by atoms with Gasteiger partial charge in [-0.05, 0) is 70.6 Å². The molecule has 6 nitrogen and oxygen atoms in total. The third kappa shape index (κ3) is 49.9. The molecule has 0 aromatic carbocycles. The Bertz CT molecular complexity index is 1210. The molecule has 1 unspecified atom stereocenters. The van der Waals surface area contributed by atoms with Crippen LogP contribution in [-0.4, -0.2) is 37.2 Å². The Hall–Kier alpha value is -3.15. The van der Waals surface area contributed by atoms with Crippen LogP contribution >= 0.6 is 0 Å². The van der Waals surface area contributed by atoms with Gasteiger partial charge in [0.15, 0.2) is 6.10 Å². The molecular weight excluding hydrogens is 793 g/mol. The fourth-order valence-corrected chi connectivity index (χ4v) is 7.45. The number of hydrogen-bond acceptors (Lipinski definition) is 6. The van der Waals surface area contributed by atoms with Crippen molar-refractivity contribution < 1.29 is 28.6 Å². The summed E-state index contributed by atoms with van der Waals surface area (Å²) >= 11 is 0. The highest BCUT2D eigenvalue weighted by atomic mass is 16.6. The third-order valence-corrected chi connectivity index (χ3v) is 11.5. The second-order valence-electron chi connectivity index (χ2n) is 17.8. The van der Waals surface area contributed by atoms with Crippen molar-refractivity contribution in [2.45, 2.75) is 264 Å². The van der Waals surface area contributed by atoms with Crippen LogP contribution in [0.3, 0.4) is 0 Å². The first-order valence-electron chi connectivity index (χ1n) is 26.9. The van der Waals surface area contributed by atoms with Crippen LogP contribution in [0.2, 0.25) is 0 Å². The molecule has 0 aliphatic heterocycles. The normalized spacial score (nSPS) is 12.6. The Morgan fingerprint density at radius 3 is 0.953 bits per heavy atom. The van der Waals surface area contributed by atoms with Crippen LogP contribution in [0.1, 0.15) is 258 Å². The van der Waals surface area contributed by atoms with Gasteiger partial charge in [-0.3, -0.25) is 14.4 Å². The molecule has 1 atom stereocenters. The Morgan fingerprint density at radius 2 is 0.609 bits per heavy atom. The summed E-state index contributed by atoms with van der Waals surface area (Å²) in [6.45, 7) is 6.47. The molecule has 0 saturated heterocycles. The average molecular weight is 893 g/mol. The largest absolute Gasteiger partial charge is 0.462 e. The monoisotopic (exact) mass is 893 g/mol. The minimum atomic E-state index is -0.781. The highest BCUT2D eigenvalue weighted by Gasteiger charge is 2.19. The zero-order valence-electron chi connectivity index (χ0n) is 42.0. The number of rotatable bonds is 48. The van der Waals surface area contributed by atoms with Crippen molar-refractivity contribution in [2.24, 2.45) is 0 Å². The van der Waals surface area contributed by atoms with Crippen molar-refractivity contribution in [1.82, 2.24) is 0 Å². The fraction of sp³-hybridized carbons (Fsp3) is 0.741. The standard InChI is InChI=1S/C58H100O6/c1-4-7-10-13-16-18-20-22-24-26-27-28-29-30-31-32-34-35-37-39-42-45-48-51-57(60)63-54-55(53-62-56(59)50-47-44-41-15-12-9-6-3)64-58(61)52-49-46-43-40-38-36-33-25-23-21-19-17-14-11-8-5-2/h7,10,16,18,22,24,27-28,30-31,34-35,55H,4-6,8-9,11-15,17,19-21,23,25-26,29,32-33,36-54H2,1-3H3/b10-7-,18-16-,24-22-,28-27-,31-30-,35-34-. The number of carbonyl (C=O) groups is 3. The molecule has 0 aliphatic carbocycles. The van der Waals surface area contributed by atoms with Gasteiger partial charge in [-0.25, -0.2) is 0 Å². The lowest BCUT2D eigenvalue weighted by molar-refractivity contribution is -0.167. The maximum atomic E-state index is 12.8. The summed E-state index contributed by atoms with van der Waals surface area (Å²) in [5.74, 6) is -0.908. The van der Waals surface area contributed by atoms with E-state index in [0.29, 0.717) is 19.3 Å². The van der Waals surface area contributed by atoms with E-state index in [1.165, 1.54) is 109 Å². The van der Waals surface area contributed by atoms with E-state index < -0.39 is 6.10 Å². The van der Waals surface area contributed by atoms with Crippen LogP contribution in [0.4, 0.5) is 0 Å². The molecular formula is C58H100O6. The summed E-state index contributed by atoms with van der Waals surface area (Å²) in [5, 5.41) is 0. The van der Waals surface area contributed by atoms with Gasteiger partial charge in [0.1, 0.15) is 13.2 Å². The summed E-state index contributed by atoms with van der Waals surface area (Å²) < 4.78 is 16.7. The SMILES string of the molecule is CC/C=C\C/C=C\C/C=C\C/C=C\C/C=C\C/C=C\CCCCCCC(=O)OCC(COC(=O)CCCCCCCCC)OC(=O)CCCCCCCCCCCCCCCCCC. The number of ether oxygens (including phenoxy) is 3. The summed E-state index contributed by atoms with van der Waals surface area (Å²) in [6, 6.07) is 0. The van der Waals surface area contributed by atoms with Gasteiger partial charge in [-0.2, -0.15) is 0 Å². The number of allylic oxidation sites excluding steroid dienone is 12. The van der Waals surface area contributed by atoms with Crippen molar-refractivity contribution >= 4 is 17.9 Å². The van der Waals surface area contributed by atoms with Crippen molar-refractivity contribution in [3.8, 4) is 0 Å². The lowest BCUT2D eigenvalue weighted by Gasteiger charge is -2.18. The third-order valence-electron chi connectivity index (χ3n) is 11.5. The van der Waals surface area contributed by atoms with Gasteiger partial charge < -0.3 is 14.2 Å². The predicted octanol–water partition coefficient (Wildman–Crippen LogP) is 17.8. The molecule has 0 amide bonds. The van der Waals surface area contributed by atoms with Gasteiger partial charge in [0.2, 0.25) is 0 Å². The summed E-state index contributed by atoms with van der Waals surface area (Å²) in [6.07, 6.45) is 66.2. The second kappa shape index (κ2) is 52.5. The van der Waals surface area contributed by atoms with E-state index in [4.69, 9.17) is 14.2 Å². The first-order valence-corrected chi connectivity index (χ1v) is 26.9. The molecule has 0 aliphatic rings. The minimum absolute atomic E-state index is 0.0814. The molecule has 0 spiro atoms. The second-order valence-corrected chi connectivity index (χ2v) is 17.8. The molecule has 0 saturated carbocycles. The Labute approximate surface area is 395 Å². The summed E-state index contributed by atoms with van der Waals surface area (Å²) in [4.78, 5) is 37.9. The smallest absolute Gasteiger partial charge is 0.306 e. The fourth-order valence-electron chi connectivity index (χ4n) is 7.45. The van der Waals surface area contributed by atoms with E-state index >= 15 is 0 Å². The molecule has 0 fully saturated rings.